The zero-order valence-corrected chi connectivity index (χ0v) is 29.8. The van der Waals surface area contributed by atoms with Crippen molar-refractivity contribution in [3.63, 3.8) is 0 Å². The van der Waals surface area contributed by atoms with Crippen LogP contribution in [0.5, 0.6) is 0 Å². The summed E-state index contributed by atoms with van der Waals surface area (Å²) in [5.74, 6) is -5.87. The number of hydrogen-bond donors (Lipinski definition) is 3. The van der Waals surface area contributed by atoms with Crippen LogP contribution in [0.25, 0.3) is 0 Å². The number of esters is 4. The second-order valence-electron chi connectivity index (χ2n) is 16.5. The molecule has 12 atom stereocenters. The van der Waals surface area contributed by atoms with E-state index in [1.54, 1.807) is 26.8 Å². The van der Waals surface area contributed by atoms with Crippen LogP contribution >= 0.6 is 0 Å². The number of fused-ring (bicyclic) bond motifs is 7. The molecule has 5 fully saturated rings. The molecule has 8 aliphatic rings. The molecule has 1 spiro atoms. The van der Waals surface area contributed by atoms with E-state index in [0.717, 1.165) is 0 Å². The minimum atomic E-state index is -1.72. The van der Waals surface area contributed by atoms with E-state index in [9.17, 15) is 39.4 Å². The highest BCUT2D eigenvalue weighted by molar-refractivity contribution is 6.12. The van der Waals surface area contributed by atoms with Crippen LogP contribution in [0, 0.1) is 46.3 Å². The van der Waals surface area contributed by atoms with Crippen molar-refractivity contribution >= 4 is 29.7 Å². The highest BCUT2D eigenvalue weighted by Gasteiger charge is 2.86. The number of aliphatic hydroxyl groups excluding tert-OH is 1. The molecule has 0 aromatic heterocycles. The Balaban J connectivity index is 1.42. The molecule has 274 valence electrons. The lowest BCUT2D eigenvalue weighted by Gasteiger charge is -2.63. The smallest absolute Gasteiger partial charge is 0.338 e. The van der Waals surface area contributed by atoms with E-state index >= 15 is 0 Å². The molecule has 51 heavy (non-hydrogen) atoms. The number of carbonyl (C=O) groups excluding carboxylic acids is 5. The molecule has 1 aliphatic heterocycles. The van der Waals surface area contributed by atoms with Gasteiger partial charge in [0.1, 0.15) is 30.5 Å². The van der Waals surface area contributed by atoms with E-state index in [2.05, 4.69) is 0 Å². The number of hydrogen-bond acceptors (Lipinski definition) is 13. The third-order valence-corrected chi connectivity index (χ3v) is 14.7. The van der Waals surface area contributed by atoms with Crippen LogP contribution in [0.2, 0.25) is 0 Å². The number of ether oxygens (including phenoxy) is 4. The van der Waals surface area contributed by atoms with Gasteiger partial charge in [-0.05, 0) is 86.7 Å². The predicted octanol–water partition coefficient (Wildman–Crippen LogP) is 2.69. The number of ketones is 1. The van der Waals surface area contributed by atoms with Gasteiger partial charge in [0.15, 0.2) is 11.4 Å². The van der Waals surface area contributed by atoms with Crippen molar-refractivity contribution in [2.45, 2.75) is 90.1 Å². The Morgan fingerprint density at radius 2 is 1.67 bits per heavy atom. The summed E-state index contributed by atoms with van der Waals surface area (Å²) in [7, 11) is 1.17. The Kier molecular flexibility index (Phi) is 7.08. The highest BCUT2D eigenvalue weighted by atomic mass is 17.1. The fraction of sp³-hybridized carbons (Fsp3) is 0.658. The van der Waals surface area contributed by atoms with Crippen LogP contribution in [0.1, 0.15) is 67.2 Å². The molecule has 8 rings (SSSR count). The number of Topliss-reactive ketones (excluding diaryl/α,β-unsaturated/α-hetero) is 1. The molecule has 0 radical (unpaired) electrons. The summed E-state index contributed by atoms with van der Waals surface area (Å²) in [6.45, 7) is 9.01. The van der Waals surface area contributed by atoms with Crippen LogP contribution < -0.4 is 0 Å². The molecule has 0 bridgehead atoms. The highest BCUT2D eigenvalue weighted by Crippen LogP contribution is 2.84. The maximum atomic E-state index is 14.6. The monoisotopic (exact) mass is 708 g/mol. The maximum absolute atomic E-state index is 14.6. The standard InChI is InChI=1S/C38H44O13/c1-8-15(2)31(42)49-14-36(45)22-9-20(22)34(5)24(36)11-19-18(13-48-17(4)39)33(44)50-38(19)25(34)12-37(51-46)23-10-21(23)35(6)29(37)27(38)26(28(40)30(35)41)16(3)32(43)47-7/h8,20-25,30,41,45-46H,9-14H2,1-7H3/b15-8+,26-16-/t20-,21-,22+,23+,24-,25+,30+,34+,35+,36+,37+,38+/m1/s1. The van der Waals surface area contributed by atoms with Gasteiger partial charge in [-0.3, -0.25) is 14.8 Å². The number of carbonyl (C=O) groups is 5. The van der Waals surface area contributed by atoms with Gasteiger partial charge in [0.2, 0.25) is 0 Å². The lowest BCUT2D eigenvalue weighted by Crippen LogP contribution is -2.67. The van der Waals surface area contributed by atoms with Crippen molar-refractivity contribution in [3.8, 4) is 0 Å². The normalized spacial score (nSPS) is 46.2. The molecular formula is C38H44O13. The minimum Gasteiger partial charge on any atom is -0.466 e. The van der Waals surface area contributed by atoms with E-state index in [1.165, 1.54) is 21.0 Å². The number of allylic oxidation sites excluding steroid dienone is 1. The second-order valence-corrected chi connectivity index (χ2v) is 16.5. The van der Waals surface area contributed by atoms with Crippen LogP contribution in [0.15, 0.2) is 45.1 Å². The first-order valence-corrected chi connectivity index (χ1v) is 17.7. The molecule has 0 saturated heterocycles. The number of aliphatic hydroxyl groups is 2. The Labute approximate surface area is 294 Å². The van der Waals surface area contributed by atoms with E-state index in [-0.39, 0.29) is 65.4 Å². The summed E-state index contributed by atoms with van der Waals surface area (Å²) in [5, 5.41) is 35.6. The summed E-state index contributed by atoms with van der Waals surface area (Å²) in [6, 6.07) is 0. The molecule has 0 unspecified atom stereocenters. The van der Waals surface area contributed by atoms with Crippen molar-refractivity contribution in [2.75, 3.05) is 20.3 Å². The topological polar surface area (TPSA) is 192 Å². The van der Waals surface area contributed by atoms with Gasteiger partial charge in [0.25, 0.3) is 0 Å². The summed E-state index contributed by atoms with van der Waals surface area (Å²) < 4.78 is 22.8. The average Bonchev–Trinajstić information content (AvgIpc) is 4.02. The molecule has 13 heteroatoms. The van der Waals surface area contributed by atoms with Crippen LogP contribution in [0.4, 0.5) is 0 Å². The lowest BCUT2D eigenvalue weighted by molar-refractivity contribution is -0.330. The third kappa shape index (κ3) is 3.83. The molecule has 0 aromatic rings. The van der Waals surface area contributed by atoms with Gasteiger partial charge in [0.05, 0.1) is 12.7 Å². The van der Waals surface area contributed by atoms with E-state index < -0.39 is 81.8 Å². The van der Waals surface area contributed by atoms with Gasteiger partial charge >= 0.3 is 23.9 Å². The molecular weight excluding hydrogens is 664 g/mol. The van der Waals surface area contributed by atoms with Crippen LogP contribution in [0.3, 0.4) is 0 Å². The van der Waals surface area contributed by atoms with E-state index in [1.807, 2.05) is 6.92 Å². The van der Waals surface area contributed by atoms with Crippen LogP contribution in [-0.2, 0) is 47.8 Å². The zero-order valence-electron chi connectivity index (χ0n) is 29.8. The van der Waals surface area contributed by atoms with Crippen molar-refractivity contribution in [1.82, 2.24) is 0 Å². The van der Waals surface area contributed by atoms with Crippen molar-refractivity contribution < 1.29 is 63.3 Å². The molecule has 13 nitrogen and oxygen atoms in total. The third-order valence-electron chi connectivity index (χ3n) is 14.7. The fourth-order valence-corrected chi connectivity index (χ4v) is 12.3. The average molecular weight is 709 g/mol. The first-order chi connectivity index (χ1) is 24.0. The van der Waals surface area contributed by atoms with Gasteiger partial charge < -0.3 is 29.2 Å². The van der Waals surface area contributed by atoms with Crippen molar-refractivity contribution in [2.24, 2.45) is 46.3 Å². The van der Waals surface area contributed by atoms with Crippen molar-refractivity contribution in [3.05, 3.63) is 45.1 Å². The molecule has 5 saturated carbocycles. The summed E-state index contributed by atoms with van der Waals surface area (Å²) in [6.07, 6.45) is 1.33. The SMILES string of the molecule is C/C=C(\C)C(=O)OC[C@]1(O)[C@H]2C[C@H]2[C@]2(C)[C@@H]3C[C@@]4(OO)C5=C(/C(=C(\C)C(=O)OC)C(=O)[C@H](O)[C@@]5(C)[C@@H]5C[C@@H]54)[C@@]34OC(=O)C(COC(C)=O)=C4C[C@@H]12. The van der Waals surface area contributed by atoms with Gasteiger partial charge in [0, 0.05) is 46.5 Å². The van der Waals surface area contributed by atoms with Gasteiger partial charge in [-0.25, -0.2) is 19.3 Å². The summed E-state index contributed by atoms with van der Waals surface area (Å²) in [4.78, 5) is 72.6. The summed E-state index contributed by atoms with van der Waals surface area (Å²) in [5.41, 5.74) is -5.58. The second kappa shape index (κ2) is 10.5. The summed E-state index contributed by atoms with van der Waals surface area (Å²) >= 11 is 0. The Hall–Kier alpha value is -3.65. The quantitative estimate of drug-likeness (QED) is 0.115. The zero-order chi connectivity index (χ0) is 37.0. The molecule has 0 aromatic carbocycles. The maximum Gasteiger partial charge on any atom is 0.338 e. The fourth-order valence-electron chi connectivity index (χ4n) is 12.3. The van der Waals surface area contributed by atoms with E-state index in [0.29, 0.717) is 29.6 Å². The Morgan fingerprint density at radius 1 is 0.980 bits per heavy atom. The largest absolute Gasteiger partial charge is 0.466 e. The molecule has 3 N–H and O–H groups in total. The van der Waals surface area contributed by atoms with Gasteiger partial charge in [-0.2, -0.15) is 0 Å². The lowest BCUT2D eigenvalue weighted by atomic mass is 9.43. The predicted molar refractivity (Wildman–Crippen MR) is 173 cm³/mol. The first kappa shape index (κ1) is 34.4. The number of rotatable bonds is 7. The minimum absolute atomic E-state index is 0.0472. The van der Waals surface area contributed by atoms with Crippen LogP contribution in [-0.4, -0.2) is 88.4 Å². The Morgan fingerprint density at radius 3 is 2.29 bits per heavy atom. The Bertz CT molecular complexity index is 1870. The molecule has 1 heterocycles. The van der Waals surface area contributed by atoms with Gasteiger partial charge in [-0.15, -0.1) is 0 Å². The first-order valence-electron chi connectivity index (χ1n) is 17.7. The van der Waals surface area contributed by atoms with Crippen molar-refractivity contribution in [1.29, 1.82) is 0 Å². The molecule has 0 amide bonds. The number of methoxy groups -OCH3 is 1. The van der Waals surface area contributed by atoms with E-state index in [4.69, 9.17) is 23.8 Å². The molecule has 7 aliphatic carbocycles. The van der Waals surface area contributed by atoms with Gasteiger partial charge in [-0.1, -0.05) is 19.9 Å².